The van der Waals surface area contributed by atoms with Crippen LogP contribution in [0, 0.1) is 0 Å². The molecule has 6 nitrogen and oxygen atoms in total. The Morgan fingerprint density at radius 3 is 2.30 bits per heavy atom. The molecule has 0 saturated heterocycles. The van der Waals surface area contributed by atoms with E-state index in [1.54, 1.807) is 13.1 Å². The molecule has 0 aliphatic heterocycles. The maximum Gasteiger partial charge on any atom is 0.433 e. The van der Waals surface area contributed by atoms with Gasteiger partial charge in [-0.15, -0.1) is 0 Å². The number of aliphatic hydroxyl groups is 1. The second-order valence-electron chi connectivity index (χ2n) is 8.75. The highest BCUT2D eigenvalue weighted by Crippen LogP contribution is 2.41. The van der Waals surface area contributed by atoms with E-state index in [1.165, 1.54) is 36.3 Å². The first-order valence-corrected chi connectivity index (χ1v) is 11.4. The summed E-state index contributed by atoms with van der Waals surface area (Å²) in [5.41, 5.74) is -1.93. The fourth-order valence-corrected chi connectivity index (χ4v) is 4.47. The number of aromatic nitrogens is 4. The van der Waals surface area contributed by atoms with Crippen LogP contribution in [0.2, 0.25) is 5.02 Å². The van der Waals surface area contributed by atoms with Crippen LogP contribution in [0.4, 0.5) is 22.0 Å². The second kappa shape index (κ2) is 9.53. The van der Waals surface area contributed by atoms with E-state index in [9.17, 15) is 27.1 Å². The first-order valence-electron chi connectivity index (χ1n) is 11.0. The number of aryl methyl sites for hydroxylation is 1. The lowest BCUT2D eigenvalue weighted by Gasteiger charge is -2.30. The molecule has 12 heteroatoms. The van der Waals surface area contributed by atoms with Crippen molar-refractivity contribution in [1.29, 1.82) is 0 Å². The van der Waals surface area contributed by atoms with Crippen molar-refractivity contribution in [2.45, 2.75) is 37.5 Å². The Kier molecular flexibility index (Phi) is 6.89. The number of methoxy groups -OCH3 is 1. The van der Waals surface area contributed by atoms with E-state index in [-0.39, 0.29) is 39.7 Å². The second-order valence-corrected chi connectivity index (χ2v) is 9.12. The van der Waals surface area contributed by atoms with Crippen LogP contribution in [0.25, 0.3) is 10.9 Å². The van der Waals surface area contributed by atoms with Gasteiger partial charge in [0, 0.05) is 36.2 Å². The van der Waals surface area contributed by atoms with Gasteiger partial charge in [-0.25, -0.2) is 18.7 Å². The van der Waals surface area contributed by atoms with Gasteiger partial charge in [-0.2, -0.15) is 13.2 Å². The van der Waals surface area contributed by atoms with E-state index in [0.29, 0.717) is 10.9 Å². The third-order valence-electron chi connectivity index (χ3n) is 6.06. The summed E-state index contributed by atoms with van der Waals surface area (Å²) < 4.78 is 73.3. The Morgan fingerprint density at radius 1 is 1.05 bits per heavy atom. The van der Waals surface area contributed by atoms with Gasteiger partial charge in [0.15, 0.2) is 5.60 Å². The lowest BCUT2D eigenvalue weighted by Crippen LogP contribution is -2.31. The number of pyridine rings is 2. The largest absolute Gasteiger partial charge is 0.481 e. The van der Waals surface area contributed by atoms with Crippen LogP contribution in [-0.2, 0) is 25.2 Å². The number of benzene rings is 1. The predicted molar refractivity (Wildman–Crippen MR) is 127 cm³/mol. The van der Waals surface area contributed by atoms with Crippen molar-refractivity contribution >= 4 is 22.5 Å². The summed E-state index contributed by atoms with van der Waals surface area (Å²) in [5.74, 6) is -2.84. The first kappa shape index (κ1) is 26.7. The number of fused-ring (bicyclic) bond motifs is 1. The van der Waals surface area contributed by atoms with E-state index in [4.69, 9.17) is 16.3 Å². The van der Waals surface area contributed by atoms with E-state index < -0.39 is 29.8 Å². The molecule has 0 bridgehead atoms. The number of imidazole rings is 1. The molecule has 4 aromatic rings. The van der Waals surface area contributed by atoms with Crippen LogP contribution in [-0.4, -0.2) is 37.7 Å². The molecule has 0 amide bonds. The van der Waals surface area contributed by atoms with Gasteiger partial charge in [0.25, 0.3) is 0 Å². The molecule has 1 unspecified atom stereocenters. The zero-order valence-corrected chi connectivity index (χ0v) is 20.7. The summed E-state index contributed by atoms with van der Waals surface area (Å²) in [6.45, 7) is 0.798. The topological polar surface area (TPSA) is 73.1 Å². The molecule has 0 aliphatic rings. The summed E-state index contributed by atoms with van der Waals surface area (Å²) in [5, 5.41) is 12.5. The third kappa shape index (κ3) is 5.10. The van der Waals surface area contributed by atoms with Gasteiger partial charge in [-0.1, -0.05) is 23.7 Å². The van der Waals surface area contributed by atoms with E-state index in [1.807, 2.05) is 0 Å². The maximum absolute atomic E-state index is 13.6. The fourth-order valence-electron chi connectivity index (χ4n) is 4.14. The number of nitrogens with zero attached hydrogens (tertiary/aromatic N) is 4. The maximum atomic E-state index is 13.6. The smallest absolute Gasteiger partial charge is 0.433 e. The van der Waals surface area contributed by atoms with Crippen molar-refractivity contribution in [3.63, 3.8) is 0 Å². The molecular weight excluding hydrogens is 519 g/mol. The number of hydrogen-bond donors (Lipinski definition) is 1. The molecule has 0 radical (unpaired) electrons. The quantitative estimate of drug-likeness (QED) is 0.295. The van der Waals surface area contributed by atoms with Crippen molar-refractivity contribution in [3.05, 3.63) is 82.2 Å². The van der Waals surface area contributed by atoms with Crippen LogP contribution in [0.1, 0.15) is 41.4 Å². The van der Waals surface area contributed by atoms with Gasteiger partial charge in [0.2, 0.25) is 11.8 Å². The molecule has 0 spiro atoms. The predicted octanol–water partition coefficient (Wildman–Crippen LogP) is 5.92. The minimum Gasteiger partial charge on any atom is -0.481 e. The molecule has 0 saturated carbocycles. The lowest BCUT2D eigenvalue weighted by atomic mass is 9.83. The molecule has 1 aromatic carbocycles. The normalized spacial score (nSPS) is 14.1. The fraction of sp³-hybridized carbons (Fsp3) is 0.320. The number of hydrogen-bond acceptors (Lipinski definition) is 5. The Labute approximate surface area is 213 Å². The molecule has 1 atom stereocenters. The molecule has 0 fully saturated rings. The average molecular weight is 541 g/mol. The summed E-state index contributed by atoms with van der Waals surface area (Å²) in [4.78, 5) is 11.9. The van der Waals surface area contributed by atoms with E-state index >= 15 is 0 Å². The van der Waals surface area contributed by atoms with Crippen molar-refractivity contribution in [1.82, 2.24) is 19.5 Å². The zero-order chi connectivity index (χ0) is 27.2. The van der Waals surface area contributed by atoms with Crippen LogP contribution in [0.15, 0.2) is 49.1 Å². The Balaban J connectivity index is 1.92. The molecule has 4 rings (SSSR count). The van der Waals surface area contributed by atoms with Gasteiger partial charge in [0.05, 0.1) is 35.9 Å². The highest BCUT2D eigenvalue weighted by atomic mass is 35.5. The van der Waals surface area contributed by atoms with Gasteiger partial charge in [0.1, 0.15) is 5.69 Å². The highest BCUT2D eigenvalue weighted by molar-refractivity contribution is 6.36. The molecule has 3 heterocycles. The van der Waals surface area contributed by atoms with Crippen LogP contribution < -0.4 is 4.74 Å². The van der Waals surface area contributed by atoms with Crippen LogP contribution >= 0.6 is 11.6 Å². The standard InChI is InChI=1S/C25H22ClF5N4O2/c1-23(27,28)9-8-16-21(26)17-10-14(4-6-18(17)34-22(16)37-3)24(36,20-12-32-13-35(20)2)15-5-7-19(33-11-15)25(29,30)31/h4-7,10-13,36H,8-9H2,1-3H3. The summed E-state index contributed by atoms with van der Waals surface area (Å²) in [7, 11) is 2.97. The van der Waals surface area contributed by atoms with Crippen molar-refractivity contribution in [2.24, 2.45) is 7.05 Å². The summed E-state index contributed by atoms with van der Waals surface area (Å²) >= 11 is 6.65. The van der Waals surface area contributed by atoms with Crippen molar-refractivity contribution in [2.75, 3.05) is 7.11 Å². The minimum absolute atomic E-state index is 0.0480. The molecule has 0 aliphatic carbocycles. The SMILES string of the molecule is COc1nc2ccc(C(O)(c3ccc(C(F)(F)F)nc3)c3cncn3C)cc2c(Cl)c1CCC(C)(F)F. The molecule has 196 valence electrons. The number of ether oxygens (including phenoxy) is 1. The number of alkyl halides is 5. The highest BCUT2D eigenvalue weighted by Gasteiger charge is 2.39. The van der Waals surface area contributed by atoms with Crippen LogP contribution in [0.5, 0.6) is 5.88 Å². The Morgan fingerprint density at radius 2 is 1.76 bits per heavy atom. The van der Waals surface area contributed by atoms with Gasteiger partial charge >= 0.3 is 6.18 Å². The van der Waals surface area contributed by atoms with Crippen molar-refractivity contribution in [3.8, 4) is 5.88 Å². The van der Waals surface area contributed by atoms with E-state index in [2.05, 4.69) is 15.0 Å². The Bertz CT molecular complexity index is 1430. The lowest BCUT2D eigenvalue weighted by molar-refractivity contribution is -0.141. The Hall–Kier alpha value is -3.31. The first-order chi connectivity index (χ1) is 17.3. The van der Waals surface area contributed by atoms with Gasteiger partial charge in [-0.3, -0.25) is 4.98 Å². The van der Waals surface area contributed by atoms with Crippen LogP contribution in [0.3, 0.4) is 0 Å². The molecule has 1 N–H and O–H groups in total. The van der Waals surface area contributed by atoms with Gasteiger partial charge < -0.3 is 14.4 Å². The zero-order valence-electron chi connectivity index (χ0n) is 19.9. The van der Waals surface area contributed by atoms with E-state index in [0.717, 1.165) is 25.3 Å². The van der Waals surface area contributed by atoms with Crippen molar-refractivity contribution < 1.29 is 31.8 Å². The summed E-state index contributed by atoms with van der Waals surface area (Å²) in [6.07, 6.45) is -1.51. The average Bonchev–Trinajstić information content (AvgIpc) is 3.27. The van der Waals surface area contributed by atoms with Gasteiger partial charge in [-0.05, 0) is 37.1 Å². The number of halogens is 6. The molecule has 37 heavy (non-hydrogen) atoms. The monoisotopic (exact) mass is 540 g/mol. The minimum atomic E-state index is -4.66. The number of rotatable bonds is 7. The molecular formula is C25H22ClF5N4O2. The summed E-state index contributed by atoms with van der Waals surface area (Å²) in [6, 6.07) is 6.52. The molecule has 3 aromatic heterocycles. The third-order valence-corrected chi connectivity index (χ3v) is 6.49.